The summed E-state index contributed by atoms with van der Waals surface area (Å²) in [5.74, 6) is -0.207. The van der Waals surface area contributed by atoms with Crippen LogP contribution >= 0.6 is 11.8 Å². The van der Waals surface area contributed by atoms with E-state index in [0.717, 1.165) is 16.9 Å². The second-order valence-corrected chi connectivity index (χ2v) is 5.64. The summed E-state index contributed by atoms with van der Waals surface area (Å²) in [6.07, 6.45) is 1.97. The number of carbonyl (C=O) groups is 2. The third kappa shape index (κ3) is 4.16. The largest absolute Gasteiger partial charge is 0.478 e. The van der Waals surface area contributed by atoms with Crippen LogP contribution < -0.4 is 5.32 Å². The quantitative estimate of drug-likeness (QED) is 0.876. The van der Waals surface area contributed by atoms with Crippen LogP contribution in [0, 0.1) is 13.8 Å². The first kappa shape index (κ1) is 16.4. The Kier molecular flexibility index (Phi) is 5.88. The highest BCUT2D eigenvalue weighted by Gasteiger charge is 2.17. The molecule has 5 nitrogen and oxygen atoms in total. The van der Waals surface area contributed by atoms with E-state index in [1.54, 1.807) is 36.7 Å². The van der Waals surface area contributed by atoms with Gasteiger partial charge in [0.25, 0.3) is 0 Å². The van der Waals surface area contributed by atoms with Crippen molar-refractivity contribution in [1.82, 2.24) is 4.90 Å². The fourth-order valence-electron chi connectivity index (χ4n) is 1.83. The van der Waals surface area contributed by atoms with Crippen molar-refractivity contribution < 1.29 is 14.7 Å². The maximum absolute atomic E-state index is 12.0. The minimum atomic E-state index is -1.04. The van der Waals surface area contributed by atoms with E-state index < -0.39 is 5.97 Å². The first-order chi connectivity index (χ1) is 9.36. The summed E-state index contributed by atoms with van der Waals surface area (Å²) in [6, 6.07) is 3.12. The van der Waals surface area contributed by atoms with Gasteiger partial charge in [0.15, 0.2) is 0 Å². The molecule has 0 heterocycles. The molecule has 0 atom stereocenters. The van der Waals surface area contributed by atoms with E-state index in [9.17, 15) is 14.7 Å². The van der Waals surface area contributed by atoms with E-state index >= 15 is 0 Å². The van der Waals surface area contributed by atoms with Gasteiger partial charge in [-0.15, -0.1) is 0 Å². The summed E-state index contributed by atoms with van der Waals surface area (Å²) in [5, 5.41) is 11.9. The zero-order valence-corrected chi connectivity index (χ0v) is 13.0. The highest BCUT2D eigenvalue weighted by Crippen LogP contribution is 2.23. The van der Waals surface area contributed by atoms with Gasteiger partial charge in [-0.2, -0.15) is 11.8 Å². The molecule has 1 aromatic rings. The van der Waals surface area contributed by atoms with Crippen LogP contribution in [-0.2, 0) is 0 Å². The normalized spacial score (nSPS) is 10.2. The van der Waals surface area contributed by atoms with E-state index in [1.807, 2.05) is 19.2 Å². The number of carbonyl (C=O) groups excluding carboxylic acids is 1. The highest BCUT2D eigenvalue weighted by molar-refractivity contribution is 7.98. The first-order valence-electron chi connectivity index (χ1n) is 6.22. The number of carboxylic acids is 1. The van der Waals surface area contributed by atoms with Crippen LogP contribution in [0.4, 0.5) is 10.5 Å². The van der Waals surface area contributed by atoms with E-state index in [0.29, 0.717) is 12.2 Å². The number of benzene rings is 1. The number of hydrogen-bond acceptors (Lipinski definition) is 3. The molecule has 0 saturated heterocycles. The predicted octanol–water partition coefficient (Wildman–Crippen LogP) is 2.83. The first-order valence-corrected chi connectivity index (χ1v) is 7.61. The van der Waals surface area contributed by atoms with Crippen LogP contribution in [-0.4, -0.2) is 47.6 Å². The van der Waals surface area contributed by atoms with Gasteiger partial charge >= 0.3 is 12.0 Å². The van der Waals surface area contributed by atoms with Crippen LogP contribution in [0.5, 0.6) is 0 Å². The van der Waals surface area contributed by atoms with E-state index in [-0.39, 0.29) is 11.6 Å². The fraction of sp³-hybridized carbons (Fsp3) is 0.429. The van der Waals surface area contributed by atoms with Gasteiger partial charge in [-0.25, -0.2) is 9.59 Å². The van der Waals surface area contributed by atoms with Crippen molar-refractivity contribution in [1.29, 1.82) is 0 Å². The van der Waals surface area contributed by atoms with Crippen LogP contribution in [0.2, 0.25) is 0 Å². The van der Waals surface area contributed by atoms with Crippen LogP contribution in [0.15, 0.2) is 12.1 Å². The minimum absolute atomic E-state index is 0.120. The Bertz CT molecular complexity index is 517. The van der Waals surface area contributed by atoms with Gasteiger partial charge in [0, 0.05) is 19.3 Å². The van der Waals surface area contributed by atoms with Crippen molar-refractivity contribution in [3.63, 3.8) is 0 Å². The summed E-state index contributed by atoms with van der Waals surface area (Å²) in [5.41, 5.74) is 2.08. The van der Waals surface area contributed by atoms with E-state index in [2.05, 4.69) is 5.32 Å². The van der Waals surface area contributed by atoms with Crippen LogP contribution in [0.3, 0.4) is 0 Å². The Hall–Kier alpha value is -1.69. The molecule has 0 aliphatic rings. The Morgan fingerprint density at radius 1 is 1.35 bits per heavy atom. The Morgan fingerprint density at radius 3 is 2.55 bits per heavy atom. The van der Waals surface area contributed by atoms with Gasteiger partial charge in [-0.3, -0.25) is 0 Å². The van der Waals surface area contributed by atoms with Gasteiger partial charge in [0.2, 0.25) is 0 Å². The zero-order chi connectivity index (χ0) is 15.3. The molecule has 110 valence electrons. The minimum Gasteiger partial charge on any atom is -0.478 e. The number of nitrogens with one attached hydrogen (secondary N) is 1. The summed E-state index contributed by atoms with van der Waals surface area (Å²) in [7, 11) is 1.69. The van der Waals surface area contributed by atoms with Gasteiger partial charge in [-0.05, 0) is 37.3 Å². The molecule has 1 aromatic carbocycles. The molecule has 0 radical (unpaired) electrons. The molecule has 0 unspecified atom stereocenters. The van der Waals surface area contributed by atoms with Gasteiger partial charge in [-0.1, -0.05) is 6.07 Å². The number of rotatable bonds is 5. The van der Waals surface area contributed by atoms with Crippen LogP contribution in [0.1, 0.15) is 21.5 Å². The van der Waals surface area contributed by atoms with Crippen LogP contribution in [0.25, 0.3) is 0 Å². The maximum atomic E-state index is 12.0. The molecule has 0 aliphatic carbocycles. The summed E-state index contributed by atoms with van der Waals surface area (Å²) >= 11 is 1.65. The van der Waals surface area contributed by atoms with Gasteiger partial charge in [0.05, 0.1) is 11.3 Å². The third-order valence-corrected chi connectivity index (χ3v) is 3.51. The van der Waals surface area contributed by atoms with Crippen molar-refractivity contribution in [2.24, 2.45) is 0 Å². The Morgan fingerprint density at radius 2 is 2.00 bits per heavy atom. The van der Waals surface area contributed by atoms with Crippen molar-refractivity contribution in [2.75, 3.05) is 30.9 Å². The zero-order valence-electron chi connectivity index (χ0n) is 12.2. The monoisotopic (exact) mass is 296 g/mol. The van der Waals surface area contributed by atoms with Crippen molar-refractivity contribution >= 4 is 29.4 Å². The standard InChI is InChI=1S/C14H20N2O3S/c1-9-7-10(2)12(11(8-9)13(17)18)15-14(19)16(3)5-6-20-4/h7-8H,5-6H2,1-4H3,(H,15,19)(H,17,18). The van der Waals surface area contributed by atoms with Crippen molar-refractivity contribution in [3.8, 4) is 0 Å². The molecule has 0 saturated carbocycles. The molecule has 2 amide bonds. The Labute approximate surface area is 123 Å². The Balaban J connectivity index is 2.97. The lowest BCUT2D eigenvalue weighted by molar-refractivity contribution is 0.0698. The average molecular weight is 296 g/mol. The van der Waals surface area contributed by atoms with Crippen molar-refractivity contribution in [2.45, 2.75) is 13.8 Å². The van der Waals surface area contributed by atoms with Crippen molar-refractivity contribution in [3.05, 3.63) is 28.8 Å². The number of nitrogens with zero attached hydrogens (tertiary/aromatic N) is 1. The second kappa shape index (κ2) is 7.19. The summed E-state index contributed by atoms with van der Waals surface area (Å²) in [6.45, 7) is 4.23. The predicted molar refractivity (Wildman–Crippen MR) is 82.9 cm³/mol. The molecule has 0 fully saturated rings. The second-order valence-electron chi connectivity index (χ2n) is 4.65. The molecule has 0 spiro atoms. The number of urea groups is 1. The molecule has 0 aromatic heterocycles. The maximum Gasteiger partial charge on any atom is 0.337 e. The smallest absolute Gasteiger partial charge is 0.337 e. The lowest BCUT2D eigenvalue weighted by atomic mass is 10.0. The molecule has 20 heavy (non-hydrogen) atoms. The lowest BCUT2D eigenvalue weighted by Crippen LogP contribution is -2.33. The topological polar surface area (TPSA) is 69.6 Å². The number of aryl methyl sites for hydroxylation is 2. The van der Waals surface area contributed by atoms with Gasteiger partial charge in [0.1, 0.15) is 0 Å². The number of amides is 2. The number of anilines is 1. The average Bonchev–Trinajstić information content (AvgIpc) is 2.38. The molecule has 1 rings (SSSR count). The number of hydrogen-bond donors (Lipinski definition) is 2. The molecular formula is C14H20N2O3S. The molecular weight excluding hydrogens is 276 g/mol. The fourth-order valence-corrected chi connectivity index (χ4v) is 2.29. The molecule has 0 bridgehead atoms. The lowest BCUT2D eigenvalue weighted by Gasteiger charge is -2.19. The highest BCUT2D eigenvalue weighted by atomic mass is 32.2. The van der Waals surface area contributed by atoms with Gasteiger partial charge < -0.3 is 15.3 Å². The third-order valence-electron chi connectivity index (χ3n) is 2.92. The molecule has 0 aliphatic heterocycles. The summed E-state index contributed by atoms with van der Waals surface area (Å²) < 4.78 is 0. The molecule has 6 heteroatoms. The number of thioether (sulfide) groups is 1. The van der Waals surface area contributed by atoms with E-state index in [1.165, 1.54) is 0 Å². The summed E-state index contributed by atoms with van der Waals surface area (Å²) in [4.78, 5) is 24.9. The SMILES string of the molecule is CSCCN(C)C(=O)Nc1c(C)cc(C)cc1C(=O)O. The number of carboxylic acid groups (broad SMARTS) is 1. The number of aromatic carboxylic acids is 1. The molecule has 2 N–H and O–H groups in total. The van der Waals surface area contributed by atoms with E-state index in [4.69, 9.17) is 0 Å².